The maximum atomic E-state index is 12.8. The summed E-state index contributed by atoms with van der Waals surface area (Å²) in [5.74, 6) is -0.499. The molecule has 1 rings (SSSR count). The Morgan fingerprint density at radius 3 is 2.65 bits per heavy atom. The Morgan fingerprint density at radius 2 is 2.18 bits per heavy atom. The summed E-state index contributed by atoms with van der Waals surface area (Å²) in [5, 5.41) is 0.222. The molecule has 1 aromatic rings. The molecule has 0 unspecified atom stereocenters. The number of alkyl halides is 3. The largest absolute Gasteiger partial charge is 0.469 e. The molecule has 1 aromatic heterocycles. The summed E-state index contributed by atoms with van der Waals surface area (Å²) < 4.78 is 30.4. The molecule has 0 atom stereocenters. The van der Waals surface area contributed by atoms with E-state index in [2.05, 4.69) is 41.6 Å². The van der Waals surface area contributed by atoms with Gasteiger partial charge in [0.05, 0.1) is 13.5 Å². The molecular weight excluding hydrogens is 364 g/mol. The number of carbonyl (C=O) groups excluding carboxylic acids is 1. The number of carbonyl (C=O) groups is 1. The number of methoxy groups -OCH3 is 1. The van der Waals surface area contributed by atoms with Gasteiger partial charge in [0, 0.05) is 22.7 Å². The maximum Gasteiger partial charge on any atom is 0.310 e. The summed E-state index contributed by atoms with van der Waals surface area (Å²) in [5.41, 5.74) is 0.614. The van der Waals surface area contributed by atoms with Gasteiger partial charge in [0.1, 0.15) is 4.60 Å². The van der Waals surface area contributed by atoms with Crippen molar-refractivity contribution in [2.75, 3.05) is 7.11 Å². The van der Waals surface area contributed by atoms with Crippen LogP contribution in [-0.4, -0.2) is 18.1 Å². The van der Waals surface area contributed by atoms with Crippen molar-refractivity contribution in [2.45, 2.75) is 18.2 Å². The second-order valence-corrected chi connectivity index (χ2v) is 4.46. The highest BCUT2D eigenvalue weighted by Crippen LogP contribution is 2.30. The van der Waals surface area contributed by atoms with Gasteiger partial charge in [0.25, 0.3) is 6.43 Å². The zero-order chi connectivity index (χ0) is 13.0. The second kappa shape index (κ2) is 6.39. The molecule has 0 amide bonds. The van der Waals surface area contributed by atoms with Crippen LogP contribution in [0.5, 0.6) is 0 Å². The van der Waals surface area contributed by atoms with E-state index in [1.54, 1.807) is 0 Å². The number of rotatable bonds is 4. The van der Waals surface area contributed by atoms with Crippen LogP contribution in [0.4, 0.5) is 8.78 Å². The number of hydrogen-bond donors (Lipinski definition) is 0. The number of nitrogens with zero attached hydrogens (tertiary/aromatic N) is 1. The summed E-state index contributed by atoms with van der Waals surface area (Å²) in [7, 11) is 1.24. The summed E-state index contributed by atoms with van der Waals surface area (Å²) in [6, 6.07) is 0. The fourth-order valence-corrected chi connectivity index (χ4v) is 2.47. The topological polar surface area (TPSA) is 39.2 Å². The summed E-state index contributed by atoms with van der Waals surface area (Å²) in [4.78, 5) is 15.0. The normalized spacial score (nSPS) is 10.7. The Balaban J connectivity index is 3.25. The van der Waals surface area contributed by atoms with E-state index in [1.165, 1.54) is 7.11 Å². The molecule has 0 spiro atoms. The molecule has 0 saturated carbocycles. The van der Waals surface area contributed by atoms with Crippen molar-refractivity contribution in [2.24, 2.45) is 0 Å². The van der Waals surface area contributed by atoms with Crippen LogP contribution in [0.1, 0.15) is 23.1 Å². The van der Waals surface area contributed by atoms with E-state index in [-0.39, 0.29) is 17.3 Å². The summed E-state index contributed by atoms with van der Waals surface area (Å²) >= 11 is 6.28. The van der Waals surface area contributed by atoms with Gasteiger partial charge in [0.15, 0.2) is 0 Å². The van der Waals surface area contributed by atoms with Crippen molar-refractivity contribution < 1.29 is 18.3 Å². The van der Waals surface area contributed by atoms with E-state index in [4.69, 9.17) is 0 Å². The Labute approximate surface area is 114 Å². The highest BCUT2D eigenvalue weighted by Gasteiger charge is 2.20. The van der Waals surface area contributed by atoms with E-state index in [0.717, 1.165) is 6.20 Å². The predicted molar refractivity (Wildman–Crippen MR) is 65.2 cm³/mol. The number of ether oxygens (including phenoxy) is 1. The zero-order valence-electron chi connectivity index (χ0n) is 8.84. The first-order chi connectivity index (χ1) is 8.01. The fraction of sp³-hybridized carbons (Fsp3) is 0.400. The SMILES string of the molecule is COC(=O)Cc1c(Br)ncc(C(F)F)c1CBr. The molecule has 0 radical (unpaired) electrons. The first-order valence-electron chi connectivity index (χ1n) is 4.58. The molecule has 0 N–H and O–H groups in total. The lowest BCUT2D eigenvalue weighted by Crippen LogP contribution is -2.10. The molecule has 0 fully saturated rings. The molecule has 94 valence electrons. The van der Waals surface area contributed by atoms with Gasteiger partial charge >= 0.3 is 5.97 Å². The Kier molecular flexibility index (Phi) is 5.45. The fourth-order valence-electron chi connectivity index (χ4n) is 1.32. The average molecular weight is 373 g/mol. The van der Waals surface area contributed by atoms with Crippen LogP contribution in [0.3, 0.4) is 0 Å². The molecule has 0 aliphatic rings. The van der Waals surface area contributed by atoms with Gasteiger partial charge in [-0.2, -0.15) is 0 Å². The zero-order valence-corrected chi connectivity index (χ0v) is 12.0. The van der Waals surface area contributed by atoms with Crippen molar-refractivity contribution in [1.82, 2.24) is 4.98 Å². The minimum absolute atomic E-state index is 0.0917. The molecule has 0 bridgehead atoms. The molecule has 3 nitrogen and oxygen atoms in total. The quantitative estimate of drug-likeness (QED) is 0.462. The van der Waals surface area contributed by atoms with Crippen LogP contribution in [0.15, 0.2) is 10.8 Å². The monoisotopic (exact) mass is 371 g/mol. The number of hydrogen-bond acceptors (Lipinski definition) is 3. The van der Waals surface area contributed by atoms with Gasteiger partial charge in [-0.15, -0.1) is 0 Å². The smallest absolute Gasteiger partial charge is 0.310 e. The number of esters is 1. The minimum Gasteiger partial charge on any atom is -0.469 e. The molecule has 1 heterocycles. The lowest BCUT2D eigenvalue weighted by atomic mass is 10.0. The van der Waals surface area contributed by atoms with E-state index < -0.39 is 12.4 Å². The van der Waals surface area contributed by atoms with Gasteiger partial charge in [-0.3, -0.25) is 4.79 Å². The number of pyridine rings is 1. The van der Waals surface area contributed by atoms with Crippen LogP contribution < -0.4 is 0 Å². The first kappa shape index (κ1) is 14.5. The van der Waals surface area contributed by atoms with Gasteiger partial charge < -0.3 is 4.74 Å². The van der Waals surface area contributed by atoms with E-state index in [0.29, 0.717) is 15.7 Å². The van der Waals surface area contributed by atoms with E-state index >= 15 is 0 Å². The molecule has 0 aromatic carbocycles. The van der Waals surface area contributed by atoms with Gasteiger partial charge in [-0.05, 0) is 21.5 Å². The third kappa shape index (κ3) is 3.45. The van der Waals surface area contributed by atoms with Crippen molar-refractivity contribution >= 4 is 37.8 Å². The number of halogens is 4. The first-order valence-corrected chi connectivity index (χ1v) is 6.49. The minimum atomic E-state index is -2.63. The van der Waals surface area contributed by atoms with Crippen molar-refractivity contribution in [3.8, 4) is 0 Å². The Bertz CT molecular complexity index is 427. The van der Waals surface area contributed by atoms with Crippen molar-refractivity contribution in [1.29, 1.82) is 0 Å². The van der Waals surface area contributed by atoms with Gasteiger partial charge in [0.2, 0.25) is 0 Å². The number of aromatic nitrogens is 1. The standard InChI is InChI=1S/C10H9Br2F2NO2/c1-17-8(16)2-5-6(3-11)7(10(13)14)4-15-9(5)12/h4,10H,2-3H2,1H3. The highest BCUT2D eigenvalue weighted by atomic mass is 79.9. The summed E-state index contributed by atoms with van der Waals surface area (Å²) in [6.45, 7) is 0. The van der Waals surface area contributed by atoms with E-state index in [1.807, 2.05) is 0 Å². The Morgan fingerprint density at radius 1 is 1.53 bits per heavy atom. The summed E-state index contributed by atoms with van der Waals surface area (Å²) in [6.07, 6.45) is -1.61. The molecule has 7 heteroatoms. The van der Waals surface area contributed by atoms with Crippen LogP contribution in [-0.2, 0) is 21.3 Å². The predicted octanol–water partition coefficient (Wildman–Crippen LogP) is 3.39. The van der Waals surface area contributed by atoms with Crippen molar-refractivity contribution in [3.05, 3.63) is 27.5 Å². The van der Waals surface area contributed by atoms with Crippen LogP contribution in [0.25, 0.3) is 0 Å². The third-order valence-electron chi connectivity index (χ3n) is 2.20. The van der Waals surface area contributed by atoms with E-state index in [9.17, 15) is 13.6 Å². The maximum absolute atomic E-state index is 12.8. The third-order valence-corrected chi connectivity index (χ3v) is 3.44. The molecular formula is C10H9Br2F2NO2. The van der Waals surface area contributed by atoms with Crippen LogP contribution in [0.2, 0.25) is 0 Å². The van der Waals surface area contributed by atoms with Crippen LogP contribution >= 0.6 is 31.9 Å². The van der Waals surface area contributed by atoms with Gasteiger partial charge in [-0.1, -0.05) is 15.9 Å². The molecule has 0 aliphatic carbocycles. The Hall–Kier alpha value is -0.560. The molecule has 0 aliphatic heterocycles. The van der Waals surface area contributed by atoms with Crippen LogP contribution in [0, 0.1) is 0 Å². The van der Waals surface area contributed by atoms with Crippen molar-refractivity contribution in [3.63, 3.8) is 0 Å². The second-order valence-electron chi connectivity index (χ2n) is 3.15. The highest BCUT2D eigenvalue weighted by molar-refractivity contribution is 9.10. The van der Waals surface area contributed by atoms with Gasteiger partial charge in [-0.25, -0.2) is 13.8 Å². The lowest BCUT2D eigenvalue weighted by Gasteiger charge is -2.12. The molecule has 0 saturated heterocycles. The lowest BCUT2D eigenvalue weighted by molar-refractivity contribution is -0.139. The molecule has 17 heavy (non-hydrogen) atoms. The average Bonchev–Trinajstić information content (AvgIpc) is 2.30.